The molecular weight excluding hydrogens is 114 g/mol. The van der Waals surface area contributed by atoms with Crippen molar-refractivity contribution in [1.29, 1.82) is 0 Å². The van der Waals surface area contributed by atoms with Crippen molar-refractivity contribution < 1.29 is 0 Å². The second kappa shape index (κ2) is 4.73. The number of nitrogens with two attached hydrogens (primary N) is 3. The molecule has 0 heterocycles. The van der Waals surface area contributed by atoms with Crippen LogP contribution in [-0.4, -0.2) is 18.6 Å². The average molecular weight is 131 g/mol. The zero-order valence-electron chi connectivity index (χ0n) is 6.01. The molecule has 0 aromatic heterocycles. The summed E-state index contributed by atoms with van der Waals surface area (Å²) in [5.41, 5.74) is 16.5. The SMILES string of the molecule is CCCC(N)C(N)CN. The number of hydrogen-bond donors (Lipinski definition) is 3. The summed E-state index contributed by atoms with van der Waals surface area (Å²) in [5, 5.41) is 0. The van der Waals surface area contributed by atoms with E-state index in [0.29, 0.717) is 6.54 Å². The van der Waals surface area contributed by atoms with Gasteiger partial charge in [0.2, 0.25) is 0 Å². The first-order valence-electron chi connectivity index (χ1n) is 3.43. The van der Waals surface area contributed by atoms with Crippen molar-refractivity contribution in [3.63, 3.8) is 0 Å². The summed E-state index contributed by atoms with van der Waals surface area (Å²) in [4.78, 5) is 0. The lowest BCUT2D eigenvalue weighted by molar-refractivity contribution is 0.496. The number of hydrogen-bond acceptors (Lipinski definition) is 3. The molecule has 0 fully saturated rings. The molecule has 0 amide bonds. The van der Waals surface area contributed by atoms with Crippen LogP contribution in [-0.2, 0) is 0 Å². The van der Waals surface area contributed by atoms with Gasteiger partial charge in [-0.1, -0.05) is 13.3 Å². The summed E-state index contributed by atoms with van der Waals surface area (Å²) < 4.78 is 0. The molecule has 2 unspecified atom stereocenters. The zero-order valence-corrected chi connectivity index (χ0v) is 6.01. The first-order valence-corrected chi connectivity index (χ1v) is 3.43. The lowest BCUT2D eigenvalue weighted by Gasteiger charge is -2.16. The van der Waals surface area contributed by atoms with Crippen molar-refractivity contribution in [2.75, 3.05) is 6.54 Å². The van der Waals surface area contributed by atoms with Gasteiger partial charge in [-0.05, 0) is 6.42 Å². The smallest absolute Gasteiger partial charge is 0.0317 e. The van der Waals surface area contributed by atoms with Gasteiger partial charge in [0.25, 0.3) is 0 Å². The van der Waals surface area contributed by atoms with Crippen molar-refractivity contribution in [2.45, 2.75) is 31.8 Å². The highest BCUT2D eigenvalue weighted by molar-refractivity contribution is 4.75. The van der Waals surface area contributed by atoms with E-state index in [1.807, 2.05) is 0 Å². The Hall–Kier alpha value is -0.120. The minimum absolute atomic E-state index is 0.0232. The standard InChI is InChI=1S/C6H17N3/c1-2-3-5(8)6(9)4-7/h5-6H,2-4,7-9H2,1H3. The van der Waals surface area contributed by atoms with Crippen LogP contribution in [0.5, 0.6) is 0 Å². The predicted octanol–water partition coefficient (Wildman–Crippen LogP) is -0.600. The summed E-state index contributed by atoms with van der Waals surface area (Å²) in [6, 6.07) is 0.0601. The van der Waals surface area contributed by atoms with Gasteiger partial charge in [0.05, 0.1) is 0 Å². The minimum atomic E-state index is -0.0232. The maximum Gasteiger partial charge on any atom is 0.0317 e. The van der Waals surface area contributed by atoms with Gasteiger partial charge in [0.1, 0.15) is 0 Å². The summed E-state index contributed by atoms with van der Waals surface area (Å²) in [5.74, 6) is 0. The van der Waals surface area contributed by atoms with Gasteiger partial charge in [-0.15, -0.1) is 0 Å². The fourth-order valence-corrected chi connectivity index (χ4v) is 0.722. The number of rotatable bonds is 4. The van der Waals surface area contributed by atoms with Crippen LogP contribution in [0.25, 0.3) is 0 Å². The molecule has 6 N–H and O–H groups in total. The first-order chi connectivity index (χ1) is 4.22. The lowest BCUT2D eigenvalue weighted by Crippen LogP contribution is -2.46. The molecule has 3 nitrogen and oxygen atoms in total. The van der Waals surface area contributed by atoms with Crippen molar-refractivity contribution in [1.82, 2.24) is 0 Å². The molecule has 0 rings (SSSR count). The largest absolute Gasteiger partial charge is 0.329 e. The van der Waals surface area contributed by atoms with Crippen molar-refractivity contribution in [3.05, 3.63) is 0 Å². The second-order valence-corrected chi connectivity index (χ2v) is 2.35. The van der Waals surface area contributed by atoms with Gasteiger partial charge in [0.15, 0.2) is 0 Å². The molecule has 9 heavy (non-hydrogen) atoms. The van der Waals surface area contributed by atoms with Gasteiger partial charge < -0.3 is 17.2 Å². The quantitative estimate of drug-likeness (QED) is 0.476. The molecular formula is C6H17N3. The van der Waals surface area contributed by atoms with Gasteiger partial charge in [-0.2, -0.15) is 0 Å². The molecule has 3 heteroatoms. The molecule has 56 valence electrons. The molecule has 2 atom stereocenters. The Balaban J connectivity index is 3.32. The topological polar surface area (TPSA) is 78.1 Å². The molecule has 0 aromatic carbocycles. The Labute approximate surface area is 56.6 Å². The maximum atomic E-state index is 5.63. The van der Waals surface area contributed by atoms with E-state index in [4.69, 9.17) is 17.2 Å². The van der Waals surface area contributed by atoms with E-state index < -0.39 is 0 Å². The molecule has 0 aliphatic rings. The van der Waals surface area contributed by atoms with Crippen LogP contribution >= 0.6 is 0 Å². The van der Waals surface area contributed by atoms with Crippen LogP contribution < -0.4 is 17.2 Å². The average Bonchev–Trinajstić information content (AvgIpc) is 1.87. The fraction of sp³-hybridized carbons (Fsp3) is 1.00. The van der Waals surface area contributed by atoms with Crippen LogP contribution in [0.4, 0.5) is 0 Å². The van der Waals surface area contributed by atoms with E-state index in [2.05, 4.69) is 6.92 Å². The van der Waals surface area contributed by atoms with E-state index in [1.54, 1.807) is 0 Å². The van der Waals surface area contributed by atoms with Crippen molar-refractivity contribution in [2.24, 2.45) is 17.2 Å². The van der Waals surface area contributed by atoms with E-state index in [0.717, 1.165) is 12.8 Å². The summed E-state index contributed by atoms with van der Waals surface area (Å²) in [6.07, 6.45) is 2.05. The van der Waals surface area contributed by atoms with Crippen molar-refractivity contribution >= 4 is 0 Å². The highest BCUT2D eigenvalue weighted by atomic mass is 14.8. The molecule has 0 saturated carbocycles. The molecule has 0 bridgehead atoms. The first kappa shape index (κ1) is 8.88. The fourth-order valence-electron chi connectivity index (χ4n) is 0.722. The highest BCUT2D eigenvalue weighted by Crippen LogP contribution is 1.94. The van der Waals surface area contributed by atoms with E-state index in [1.165, 1.54) is 0 Å². The van der Waals surface area contributed by atoms with E-state index in [9.17, 15) is 0 Å². The molecule has 0 saturated heterocycles. The monoisotopic (exact) mass is 131 g/mol. The van der Waals surface area contributed by atoms with Crippen LogP contribution in [0.15, 0.2) is 0 Å². The van der Waals surface area contributed by atoms with Gasteiger partial charge in [0, 0.05) is 18.6 Å². The van der Waals surface area contributed by atoms with Crippen LogP contribution in [0.3, 0.4) is 0 Å². The van der Waals surface area contributed by atoms with Gasteiger partial charge in [-0.3, -0.25) is 0 Å². The third kappa shape index (κ3) is 3.46. The Kier molecular flexibility index (Phi) is 4.67. The Morgan fingerprint density at radius 3 is 2.11 bits per heavy atom. The molecule has 0 aromatic rings. The predicted molar refractivity (Wildman–Crippen MR) is 39.9 cm³/mol. The highest BCUT2D eigenvalue weighted by Gasteiger charge is 2.08. The Morgan fingerprint density at radius 2 is 1.78 bits per heavy atom. The van der Waals surface area contributed by atoms with Gasteiger partial charge in [-0.25, -0.2) is 0 Å². The lowest BCUT2D eigenvalue weighted by atomic mass is 10.1. The third-order valence-electron chi connectivity index (χ3n) is 1.44. The molecule has 0 radical (unpaired) electrons. The summed E-state index contributed by atoms with van der Waals surface area (Å²) in [6.45, 7) is 2.57. The molecule has 0 aliphatic heterocycles. The minimum Gasteiger partial charge on any atom is -0.329 e. The van der Waals surface area contributed by atoms with E-state index >= 15 is 0 Å². The summed E-state index contributed by atoms with van der Waals surface area (Å²) in [7, 11) is 0. The van der Waals surface area contributed by atoms with Crippen LogP contribution in [0.1, 0.15) is 19.8 Å². The summed E-state index contributed by atoms with van der Waals surface area (Å²) >= 11 is 0. The maximum absolute atomic E-state index is 5.63. The second-order valence-electron chi connectivity index (χ2n) is 2.35. The van der Waals surface area contributed by atoms with Crippen molar-refractivity contribution in [3.8, 4) is 0 Å². The Bertz CT molecular complexity index is 65.3. The van der Waals surface area contributed by atoms with Gasteiger partial charge >= 0.3 is 0 Å². The van der Waals surface area contributed by atoms with E-state index in [-0.39, 0.29) is 12.1 Å². The molecule has 0 spiro atoms. The van der Waals surface area contributed by atoms with Crippen LogP contribution in [0.2, 0.25) is 0 Å². The third-order valence-corrected chi connectivity index (χ3v) is 1.44. The van der Waals surface area contributed by atoms with Crippen LogP contribution in [0, 0.1) is 0 Å². The normalized spacial score (nSPS) is 17.3. The Morgan fingerprint density at radius 1 is 1.22 bits per heavy atom. The zero-order chi connectivity index (χ0) is 7.28. The molecule has 0 aliphatic carbocycles.